The van der Waals surface area contributed by atoms with Crippen LogP contribution in [-0.4, -0.2) is 11.3 Å². The van der Waals surface area contributed by atoms with Gasteiger partial charge < -0.3 is 5.32 Å². The van der Waals surface area contributed by atoms with Gasteiger partial charge in [0.2, 0.25) is 0 Å². The van der Waals surface area contributed by atoms with Gasteiger partial charge in [0.25, 0.3) is 0 Å². The number of rotatable bonds is 1. The van der Waals surface area contributed by atoms with E-state index in [9.17, 15) is 4.79 Å². The van der Waals surface area contributed by atoms with Crippen LogP contribution in [0.2, 0.25) is 0 Å². The molecule has 2 nitrogen and oxygen atoms in total. The van der Waals surface area contributed by atoms with E-state index < -0.39 is 0 Å². The van der Waals surface area contributed by atoms with E-state index in [4.69, 9.17) is 0 Å². The fourth-order valence-electron chi connectivity index (χ4n) is 3.90. The summed E-state index contributed by atoms with van der Waals surface area (Å²) in [5.41, 5.74) is 9.79. The van der Waals surface area contributed by atoms with Gasteiger partial charge in [0.05, 0.1) is 5.54 Å². The topological polar surface area (TPSA) is 29.1 Å². The molecule has 0 atom stereocenters. The van der Waals surface area contributed by atoms with Crippen molar-refractivity contribution in [2.75, 3.05) is 5.32 Å². The van der Waals surface area contributed by atoms with Gasteiger partial charge in [-0.25, -0.2) is 0 Å². The lowest BCUT2D eigenvalue weighted by molar-refractivity contribution is 0.101. The number of anilines is 1. The van der Waals surface area contributed by atoms with E-state index in [1.807, 2.05) is 6.07 Å². The second kappa shape index (κ2) is 4.58. The molecule has 2 aliphatic rings. The summed E-state index contributed by atoms with van der Waals surface area (Å²) >= 11 is 0. The average molecular weight is 303 g/mol. The second-order valence-corrected chi connectivity index (χ2v) is 7.33. The van der Waals surface area contributed by atoms with Crippen LogP contribution in [-0.2, 0) is 6.42 Å². The molecule has 0 amide bonds. The molecule has 0 unspecified atom stereocenters. The predicted octanol–water partition coefficient (Wildman–Crippen LogP) is 5.07. The number of hydrogen-bond acceptors (Lipinski definition) is 2. The third-order valence-electron chi connectivity index (χ3n) is 4.89. The van der Waals surface area contributed by atoms with Gasteiger partial charge in [0.1, 0.15) is 0 Å². The summed E-state index contributed by atoms with van der Waals surface area (Å²) in [6.45, 7) is 8.20. The Morgan fingerprint density at radius 3 is 2.52 bits per heavy atom. The predicted molar refractivity (Wildman–Crippen MR) is 96.0 cm³/mol. The van der Waals surface area contributed by atoms with Crippen molar-refractivity contribution < 1.29 is 4.79 Å². The van der Waals surface area contributed by atoms with Gasteiger partial charge in [-0.15, -0.1) is 0 Å². The Morgan fingerprint density at radius 1 is 1.04 bits per heavy atom. The van der Waals surface area contributed by atoms with Crippen molar-refractivity contribution in [1.82, 2.24) is 0 Å². The van der Waals surface area contributed by atoms with Crippen LogP contribution < -0.4 is 5.32 Å². The van der Waals surface area contributed by atoms with Gasteiger partial charge in [-0.1, -0.05) is 18.2 Å². The molecule has 0 saturated heterocycles. The van der Waals surface area contributed by atoms with Crippen LogP contribution in [0, 0.1) is 0 Å². The van der Waals surface area contributed by atoms with E-state index in [0.29, 0.717) is 0 Å². The first-order chi connectivity index (χ1) is 10.8. The molecule has 0 radical (unpaired) electrons. The lowest BCUT2D eigenvalue weighted by Gasteiger charge is -2.32. The Balaban J connectivity index is 1.86. The number of nitrogens with one attached hydrogen (secondary N) is 1. The minimum Gasteiger partial charge on any atom is -0.376 e. The fraction of sp³-hybridized carbons (Fsp3) is 0.286. The molecule has 0 fully saturated rings. The minimum atomic E-state index is -0.0153. The first kappa shape index (κ1) is 14.3. The van der Waals surface area contributed by atoms with Crippen LogP contribution in [0.3, 0.4) is 0 Å². The van der Waals surface area contributed by atoms with Crippen LogP contribution in [0.5, 0.6) is 0 Å². The van der Waals surface area contributed by atoms with Crippen molar-refractivity contribution in [3.63, 3.8) is 0 Å². The van der Waals surface area contributed by atoms with Gasteiger partial charge in [-0.3, -0.25) is 4.79 Å². The van der Waals surface area contributed by atoms with Gasteiger partial charge in [-0.05, 0) is 80.1 Å². The first-order valence-electron chi connectivity index (χ1n) is 8.13. The van der Waals surface area contributed by atoms with Crippen LogP contribution in [0.25, 0.3) is 16.7 Å². The molecule has 0 aromatic heterocycles. The molecular weight excluding hydrogens is 282 g/mol. The normalized spacial score (nSPS) is 16.8. The van der Waals surface area contributed by atoms with E-state index in [0.717, 1.165) is 12.0 Å². The van der Waals surface area contributed by atoms with Crippen LogP contribution in [0.1, 0.15) is 54.7 Å². The van der Waals surface area contributed by atoms with Crippen molar-refractivity contribution in [3.8, 4) is 11.1 Å². The smallest absolute Gasteiger partial charge is 0.159 e. The summed E-state index contributed by atoms with van der Waals surface area (Å²) in [5, 5.41) is 3.62. The first-order valence-corrected chi connectivity index (χ1v) is 8.13. The number of carbonyl (C=O) groups excluding carboxylic acids is 1. The monoisotopic (exact) mass is 303 g/mol. The van der Waals surface area contributed by atoms with Crippen LogP contribution in [0.15, 0.2) is 36.4 Å². The number of benzene rings is 2. The molecule has 1 N–H and O–H groups in total. The molecule has 2 aromatic rings. The Hall–Kier alpha value is -2.35. The SMILES string of the molecule is CC(=O)c1ccc2c(c1)Cc1cc3c(cc1-2)C(C)=CC(C)(C)N3. The molecule has 116 valence electrons. The van der Waals surface area contributed by atoms with Crippen molar-refractivity contribution in [1.29, 1.82) is 0 Å². The maximum absolute atomic E-state index is 11.6. The number of ketones is 1. The number of allylic oxidation sites excluding steroid dienone is 1. The Kier molecular flexibility index (Phi) is 2.84. The Morgan fingerprint density at radius 2 is 1.78 bits per heavy atom. The lowest BCUT2D eigenvalue weighted by atomic mass is 9.89. The van der Waals surface area contributed by atoms with E-state index in [2.05, 4.69) is 56.4 Å². The summed E-state index contributed by atoms with van der Waals surface area (Å²) in [6, 6.07) is 10.7. The standard InChI is InChI=1S/C21H21NO/c1-12-11-21(3,4)22-20-9-16-8-15-7-14(13(2)23)5-6-17(15)19(16)10-18(12)20/h5-7,9-11,22H,8H2,1-4H3. The molecule has 0 saturated carbocycles. The summed E-state index contributed by atoms with van der Waals surface area (Å²) in [6.07, 6.45) is 3.19. The zero-order valence-corrected chi connectivity index (χ0v) is 14.1. The molecule has 0 bridgehead atoms. The third-order valence-corrected chi connectivity index (χ3v) is 4.89. The zero-order chi connectivity index (χ0) is 16.4. The van der Waals surface area contributed by atoms with E-state index in [1.54, 1.807) is 6.92 Å². The number of Topliss-reactive ketones (excluding diaryl/α,β-unsaturated/α-hetero) is 1. The van der Waals surface area contributed by atoms with Gasteiger partial charge in [0, 0.05) is 16.8 Å². The molecular formula is C21H21NO. The molecule has 2 heteroatoms. The summed E-state index contributed by atoms with van der Waals surface area (Å²) in [4.78, 5) is 11.6. The molecule has 0 spiro atoms. The molecule has 2 aromatic carbocycles. The summed E-state index contributed by atoms with van der Waals surface area (Å²) < 4.78 is 0. The highest BCUT2D eigenvalue weighted by Gasteiger charge is 2.26. The van der Waals surface area contributed by atoms with Crippen molar-refractivity contribution >= 4 is 17.0 Å². The minimum absolute atomic E-state index is 0.0153. The zero-order valence-electron chi connectivity index (χ0n) is 14.1. The highest BCUT2D eigenvalue weighted by atomic mass is 16.1. The fourth-order valence-corrected chi connectivity index (χ4v) is 3.90. The number of fused-ring (bicyclic) bond motifs is 4. The summed E-state index contributed by atoms with van der Waals surface area (Å²) in [7, 11) is 0. The maximum Gasteiger partial charge on any atom is 0.159 e. The second-order valence-electron chi connectivity index (χ2n) is 7.33. The summed E-state index contributed by atoms with van der Waals surface area (Å²) in [5.74, 6) is 0.130. The van der Waals surface area contributed by atoms with E-state index in [-0.39, 0.29) is 11.3 Å². The highest BCUT2D eigenvalue weighted by Crippen LogP contribution is 2.43. The van der Waals surface area contributed by atoms with Crippen LogP contribution >= 0.6 is 0 Å². The van der Waals surface area contributed by atoms with Gasteiger partial charge in [0.15, 0.2) is 5.78 Å². The van der Waals surface area contributed by atoms with E-state index in [1.165, 1.54) is 39.1 Å². The Labute approximate surface area is 137 Å². The maximum atomic E-state index is 11.6. The molecule has 1 aliphatic heterocycles. The quantitative estimate of drug-likeness (QED) is 0.636. The van der Waals surface area contributed by atoms with E-state index >= 15 is 0 Å². The van der Waals surface area contributed by atoms with Crippen molar-refractivity contribution in [2.24, 2.45) is 0 Å². The average Bonchev–Trinajstić information content (AvgIpc) is 2.80. The largest absolute Gasteiger partial charge is 0.376 e. The van der Waals surface area contributed by atoms with Gasteiger partial charge >= 0.3 is 0 Å². The molecule has 4 rings (SSSR count). The third kappa shape index (κ3) is 2.21. The lowest BCUT2D eigenvalue weighted by Crippen LogP contribution is -2.31. The molecule has 23 heavy (non-hydrogen) atoms. The molecule has 1 aliphatic carbocycles. The van der Waals surface area contributed by atoms with Crippen molar-refractivity contribution in [2.45, 2.75) is 39.7 Å². The van der Waals surface area contributed by atoms with Crippen LogP contribution in [0.4, 0.5) is 5.69 Å². The van der Waals surface area contributed by atoms with Crippen molar-refractivity contribution in [3.05, 3.63) is 58.7 Å². The molecule has 1 heterocycles. The Bertz CT molecular complexity index is 887. The number of carbonyl (C=O) groups is 1. The van der Waals surface area contributed by atoms with Gasteiger partial charge in [-0.2, -0.15) is 0 Å². The number of hydrogen-bond donors (Lipinski definition) is 1. The highest BCUT2D eigenvalue weighted by molar-refractivity contribution is 5.96.